The van der Waals surface area contributed by atoms with E-state index in [9.17, 15) is 5.11 Å². The summed E-state index contributed by atoms with van der Waals surface area (Å²) in [4.78, 5) is 10.6. The maximum absolute atomic E-state index is 12.2. The topological polar surface area (TPSA) is 46.0 Å². The van der Waals surface area contributed by atoms with Crippen LogP contribution in [0.15, 0.2) is 140 Å². The zero-order valence-electron chi connectivity index (χ0n) is 38.5. The number of hydrogen-bond acceptors (Lipinski definition) is 3. The summed E-state index contributed by atoms with van der Waals surface area (Å²) in [6.45, 7) is 27.0. The van der Waals surface area contributed by atoms with Crippen molar-refractivity contribution >= 4 is 24.3 Å². The van der Waals surface area contributed by atoms with E-state index >= 15 is 0 Å². The second kappa shape index (κ2) is 16.0. The van der Waals surface area contributed by atoms with Gasteiger partial charge in [-0.3, -0.25) is 0 Å². The van der Waals surface area contributed by atoms with Gasteiger partial charge in [-0.25, -0.2) is 0 Å². The molecule has 0 atom stereocenters. The molecule has 0 saturated heterocycles. The molecule has 314 valence electrons. The first-order valence-electron chi connectivity index (χ1n) is 21.9. The van der Waals surface area contributed by atoms with E-state index in [0.717, 1.165) is 49.2 Å². The standard InChI is InChI=1S/C58H60N2OSe/c1-55(2,3)41-23-24-45(47(33-41)37-21-17-14-18-22-37)46-26-25-44(51-53(46)62-54(60-51)48-34-43(57(7,8)9)35-49(52(48)61)58(10,11)12)39-29-40(31-42(30-39)56(4,5)6)50-32-38(27-28-59-50)36-19-15-13-16-20-36/h13-35,61H,1-12H3. The van der Waals surface area contributed by atoms with Crippen LogP contribution in [0.5, 0.6) is 5.75 Å². The minimum atomic E-state index is -0.259. The molecule has 2 aromatic heterocycles. The van der Waals surface area contributed by atoms with Crippen LogP contribution in [-0.2, 0) is 21.7 Å². The molecule has 0 amide bonds. The summed E-state index contributed by atoms with van der Waals surface area (Å²) in [5.41, 5.74) is 17.3. The van der Waals surface area contributed by atoms with Crippen LogP contribution in [0.3, 0.4) is 0 Å². The molecule has 2 heterocycles. The fraction of sp³-hybridized carbons (Fsp3) is 0.276. The number of hydrogen-bond donors (Lipinski definition) is 1. The second-order valence-electron chi connectivity index (χ2n) is 21.0. The summed E-state index contributed by atoms with van der Waals surface area (Å²) in [5, 5.41) is 12.2. The number of rotatable bonds is 6. The molecule has 0 fully saturated rings. The van der Waals surface area contributed by atoms with Crippen molar-refractivity contribution in [1.29, 1.82) is 0 Å². The van der Waals surface area contributed by atoms with Gasteiger partial charge in [0.25, 0.3) is 0 Å². The predicted molar refractivity (Wildman–Crippen MR) is 266 cm³/mol. The third-order valence-corrected chi connectivity index (χ3v) is 14.4. The third-order valence-electron chi connectivity index (χ3n) is 12.1. The first-order chi connectivity index (χ1) is 29.2. The molecule has 6 aromatic carbocycles. The summed E-state index contributed by atoms with van der Waals surface area (Å²) in [5.74, 6) is 0.336. The number of benzene rings is 6. The Balaban J connectivity index is 1.43. The van der Waals surface area contributed by atoms with Crippen molar-refractivity contribution < 1.29 is 5.11 Å². The van der Waals surface area contributed by atoms with Gasteiger partial charge in [0.05, 0.1) is 0 Å². The van der Waals surface area contributed by atoms with Gasteiger partial charge in [0.1, 0.15) is 0 Å². The van der Waals surface area contributed by atoms with E-state index in [-0.39, 0.29) is 36.2 Å². The summed E-state index contributed by atoms with van der Waals surface area (Å²) in [7, 11) is 0. The molecule has 0 unspecified atom stereocenters. The average Bonchev–Trinajstić information content (AvgIpc) is 3.68. The first-order valence-corrected chi connectivity index (χ1v) is 23.6. The molecule has 8 aromatic rings. The SMILES string of the molecule is CC(C)(C)c1cc(-c2cc(-c3ccccc3)ccn2)cc(-c2ccc(-c3ccc(C(C)(C)C)cc3-c3ccccc3)c3[se]c(-c4cc(C(C)(C)C)cc(C(C)(C)C)c4O)nc23)c1. The summed E-state index contributed by atoms with van der Waals surface area (Å²) in [6, 6.07) is 48.6. The van der Waals surface area contributed by atoms with Gasteiger partial charge in [0, 0.05) is 0 Å². The van der Waals surface area contributed by atoms with Crippen LogP contribution in [0.4, 0.5) is 0 Å². The zero-order valence-corrected chi connectivity index (χ0v) is 40.2. The molecular weight excluding hydrogens is 820 g/mol. The summed E-state index contributed by atoms with van der Waals surface area (Å²) >= 11 is -0.226. The molecule has 0 radical (unpaired) electrons. The van der Waals surface area contributed by atoms with Crippen molar-refractivity contribution in [2.75, 3.05) is 0 Å². The Kier molecular flexibility index (Phi) is 11.1. The van der Waals surface area contributed by atoms with Crippen LogP contribution in [0.25, 0.3) is 75.7 Å². The van der Waals surface area contributed by atoms with Gasteiger partial charge in [-0.15, -0.1) is 0 Å². The number of aromatic hydroxyl groups is 1. The maximum atomic E-state index is 12.2. The number of nitrogens with zero attached hydrogens (tertiary/aromatic N) is 2. The molecule has 3 nitrogen and oxygen atoms in total. The molecule has 0 spiro atoms. The Morgan fingerprint density at radius 2 is 0.984 bits per heavy atom. The van der Waals surface area contributed by atoms with Gasteiger partial charge in [0.15, 0.2) is 0 Å². The molecule has 62 heavy (non-hydrogen) atoms. The number of aromatic nitrogens is 2. The molecule has 0 aliphatic carbocycles. The minimum absolute atomic E-state index is 0.0142. The van der Waals surface area contributed by atoms with E-state index in [1.807, 2.05) is 6.20 Å². The number of phenols is 1. The van der Waals surface area contributed by atoms with Gasteiger partial charge >= 0.3 is 372 Å². The monoisotopic (exact) mass is 880 g/mol. The van der Waals surface area contributed by atoms with Gasteiger partial charge in [-0.05, 0) is 0 Å². The van der Waals surface area contributed by atoms with Gasteiger partial charge < -0.3 is 0 Å². The number of pyridine rings is 1. The van der Waals surface area contributed by atoms with Crippen LogP contribution in [0, 0.1) is 0 Å². The second-order valence-corrected chi connectivity index (χ2v) is 23.1. The Hall–Kier alpha value is -5.54. The molecule has 0 saturated carbocycles. The quantitative estimate of drug-likeness (QED) is 0.169. The van der Waals surface area contributed by atoms with Crippen LogP contribution in [0.2, 0.25) is 0 Å². The Bertz CT molecular complexity index is 2930. The molecule has 0 aliphatic rings. The fourth-order valence-electron chi connectivity index (χ4n) is 8.23. The van der Waals surface area contributed by atoms with E-state index in [2.05, 4.69) is 217 Å². The molecule has 1 N–H and O–H groups in total. The number of phenolic OH excluding ortho intramolecular Hbond substituents is 1. The van der Waals surface area contributed by atoms with Crippen LogP contribution >= 0.6 is 0 Å². The molecule has 0 bridgehead atoms. The van der Waals surface area contributed by atoms with Crippen molar-refractivity contribution in [3.63, 3.8) is 0 Å². The third kappa shape index (κ3) is 8.61. The Morgan fingerprint density at radius 3 is 1.61 bits per heavy atom. The molecule has 8 rings (SSSR count). The van der Waals surface area contributed by atoms with E-state index in [1.54, 1.807) is 0 Å². The molecule has 0 aliphatic heterocycles. The number of fused-ring (bicyclic) bond motifs is 1. The van der Waals surface area contributed by atoms with Crippen molar-refractivity contribution in [3.8, 4) is 71.6 Å². The van der Waals surface area contributed by atoms with Gasteiger partial charge in [0.2, 0.25) is 0 Å². The van der Waals surface area contributed by atoms with Crippen molar-refractivity contribution in [2.24, 2.45) is 0 Å². The Morgan fingerprint density at radius 1 is 0.419 bits per heavy atom. The van der Waals surface area contributed by atoms with Crippen molar-refractivity contribution in [2.45, 2.75) is 105 Å². The Labute approximate surface area is 375 Å². The first kappa shape index (κ1) is 43.1. The van der Waals surface area contributed by atoms with E-state index in [1.165, 1.54) is 48.8 Å². The van der Waals surface area contributed by atoms with E-state index < -0.39 is 0 Å². The van der Waals surface area contributed by atoms with Crippen LogP contribution < -0.4 is 0 Å². The van der Waals surface area contributed by atoms with Crippen molar-refractivity contribution in [3.05, 3.63) is 162 Å². The zero-order chi connectivity index (χ0) is 44.4. The van der Waals surface area contributed by atoms with Crippen LogP contribution in [0.1, 0.15) is 105 Å². The van der Waals surface area contributed by atoms with E-state index in [4.69, 9.17) is 9.97 Å². The van der Waals surface area contributed by atoms with Crippen molar-refractivity contribution in [1.82, 2.24) is 9.97 Å². The molecule has 4 heteroatoms. The average molecular weight is 880 g/mol. The van der Waals surface area contributed by atoms with Gasteiger partial charge in [-0.2, -0.15) is 0 Å². The molecular formula is C58H60N2OSe. The summed E-state index contributed by atoms with van der Waals surface area (Å²) < 4.78 is 2.18. The fourth-order valence-corrected chi connectivity index (χ4v) is 10.6. The van der Waals surface area contributed by atoms with Gasteiger partial charge in [-0.1, -0.05) is 6.07 Å². The van der Waals surface area contributed by atoms with E-state index in [0.29, 0.717) is 5.75 Å². The normalized spacial score (nSPS) is 12.6. The van der Waals surface area contributed by atoms with Crippen LogP contribution in [-0.4, -0.2) is 29.6 Å². The predicted octanol–water partition coefficient (Wildman–Crippen LogP) is 15.6. The summed E-state index contributed by atoms with van der Waals surface area (Å²) in [6.07, 6.45) is 1.92.